The third-order valence-corrected chi connectivity index (χ3v) is 9.34. The van der Waals surface area contributed by atoms with Gasteiger partial charge in [-0.05, 0) is 32.1 Å². The zero-order chi connectivity index (χ0) is 28.9. The highest BCUT2D eigenvalue weighted by Crippen LogP contribution is 2.45. The maximum absolute atomic E-state index is 13.5. The summed E-state index contributed by atoms with van der Waals surface area (Å²) in [5.74, 6) is -1.20. The maximum Gasteiger partial charge on any atom is 0.256 e. The summed E-state index contributed by atoms with van der Waals surface area (Å²) in [5.41, 5.74) is 0.857. The van der Waals surface area contributed by atoms with E-state index in [1.165, 1.54) is 12.4 Å². The lowest BCUT2D eigenvalue weighted by Crippen LogP contribution is -2.37. The van der Waals surface area contributed by atoms with Crippen LogP contribution >= 0.6 is 11.6 Å². The first-order valence-electron chi connectivity index (χ1n) is 12.8. The normalized spacial score (nSPS) is 17.8. The number of fused-ring (bicyclic) bond motifs is 1. The molecule has 0 amide bonds. The number of aromatic nitrogens is 3. The second kappa shape index (κ2) is 10.3. The average Bonchev–Trinajstić information content (AvgIpc) is 3.57. The van der Waals surface area contributed by atoms with Crippen molar-refractivity contribution in [1.29, 1.82) is 0 Å². The van der Waals surface area contributed by atoms with Crippen LogP contribution < -0.4 is 5.43 Å². The second-order valence-electron chi connectivity index (χ2n) is 10.0. The van der Waals surface area contributed by atoms with Crippen molar-refractivity contribution < 1.29 is 23.0 Å². The van der Waals surface area contributed by atoms with E-state index in [4.69, 9.17) is 16.0 Å². The van der Waals surface area contributed by atoms with E-state index < -0.39 is 33.2 Å². The van der Waals surface area contributed by atoms with Gasteiger partial charge in [0.15, 0.2) is 11.3 Å². The van der Waals surface area contributed by atoms with Crippen LogP contribution in [0.1, 0.15) is 17.9 Å². The molecule has 12 heteroatoms. The molecular weight excluding hydrogens is 568 g/mol. The number of likely N-dealkylation sites (tertiary alicyclic amines) is 1. The third kappa shape index (κ3) is 4.86. The van der Waals surface area contributed by atoms with Crippen molar-refractivity contribution >= 4 is 32.6 Å². The van der Waals surface area contributed by atoms with Crippen LogP contribution in [-0.2, 0) is 10.0 Å². The third-order valence-electron chi connectivity index (χ3n) is 7.50. The Morgan fingerprint density at radius 1 is 1.05 bits per heavy atom. The zero-order valence-corrected chi connectivity index (χ0v) is 23.4. The Morgan fingerprint density at radius 3 is 2.54 bits per heavy atom. The van der Waals surface area contributed by atoms with Crippen LogP contribution in [0, 0.1) is 0 Å². The van der Waals surface area contributed by atoms with Gasteiger partial charge in [-0.1, -0.05) is 54.1 Å². The number of halogens is 1. The molecule has 1 aliphatic heterocycles. The average molecular weight is 593 g/mol. The molecule has 2 atom stereocenters. The van der Waals surface area contributed by atoms with E-state index in [0.29, 0.717) is 29.1 Å². The van der Waals surface area contributed by atoms with Gasteiger partial charge in [-0.3, -0.25) is 4.79 Å². The zero-order valence-electron chi connectivity index (χ0n) is 21.8. The molecule has 1 aliphatic rings. The lowest BCUT2D eigenvalue weighted by atomic mass is 9.89. The predicted octanol–water partition coefficient (Wildman–Crippen LogP) is 4.45. The lowest BCUT2D eigenvalue weighted by Gasteiger charge is -2.26. The minimum Gasteiger partial charge on any atom is -0.507 e. The van der Waals surface area contributed by atoms with Crippen molar-refractivity contribution in [1.82, 2.24) is 19.1 Å². The van der Waals surface area contributed by atoms with Gasteiger partial charge in [0.25, 0.3) is 10.0 Å². The first-order chi connectivity index (χ1) is 19.6. The van der Waals surface area contributed by atoms with Crippen molar-refractivity contribution in [3.05, 3.63) is 93.9 Å². The standard InChI is InChI=1S/C29H25ClN4O6S/c1-33-12-11-19(21(33)15-41(38,39)34-16-31-29(32-34)17-7-3-2-4-8-17)26-22(35)13-23(36)27-24(37)14-25(40-28(26)27)18-9-5-6-10-20(18)30/h2-10,13-14,16,19,21,35-36H,11-12,15H2,1H3. The smallest absolute Gasteiger partial charge is 0.256 e. The van der Waals surface area contributed by atoms with Gasteiger partial charge in [-0.25, -0.2) is 13.4 Å². The fraction of sp³-hybridized carbons (Fsp3) is 0.207. The van der Waals surface area contributed by atoms with E-state index in [9.17, 15) is 23.4 Å². The summed E-state index contributed by atoms with van der Waals surface area (Å²) >= 11 is 6.36. The molecule has 0 saturated carbocycles. The first kappa shape index (κ1) is 27.0. The fourth-order valence-electron chi connectivity index (χ4n) is 5.46. The van der Waals surface area contributed by atoms with Crippen LogP contribution in [0.15, 0.2) is 82.3 Å². The molecular formula is C29H25ClN4O6S. The Balaban J connectivity index is 1.43. The molecule has 0 bridgehead atoms. The van der Waals surface area contributed by atoms with E-state index in [0.717, 1.165) is 10.2 Å². The molecule has 10 nitrogen and oxygen atoms in total. The SMILES string of the molecule is CN1CCC(c2c(O)cc(O)c3c(=O)cc(-c4ccccc4Cl)oc23)C1CS(=O)(=O)n1cnc(-c2ccccc2)n1. The molecule has 210 valence electrons. The minimum absolute atomic E-state index is 0.0141. The predicted molar refractivity (Wildman–Crippen MR) is 155 cm³/mol. The number of hydrogen-bond donors (Lipinski definition) is 2. The number of hydrogen-bond acceptors (Lipinski definition) is 9. The number of benzene rings is 3. The lowest BCUT2D eigenvalue weighted by molar-refractivity contribution is 0.315. The fourth-order valence-corrected chi connectivity index (χ4v) is 7.15. The van der Waals surface area contributed by atoms with Gasteiger partial charge in [0.05, 0.1) is 10.8 Å². The number of phenolic OH excluding ortho intramolecular Hbond substituents is 2. The summed E-state index contributed by atoms with van der Waals surface area (Å²) in [6.07, 6.45) is 1.64. The molecule has 6 rings (SSSR count). The highest BCUT2D eigenvalue weighted by atomic mass is 35.5. The quantitative estimate of drug-likeness (QED) is 0.293. The minimum atomic E-state index is -3.98. The van der Waals surface area contributed by atoms with Crippen molar-refractivity contribution in [3.63, 3.8) is 0 Å². The van der Waals surface area contributed by atoms with E-state index in [1.807, 2.05) is 23.1 Å². The van der Waals surface area contributed by atoms with E-state index >= 15 is 0 Å². The molecule has 2 N–H and O–H groups in total. The molecule has 2 unspecified atom stereocenters. The molecule has 2 aromatic heterocycles. The Bertz CT molecular complexity index is 1940. The molecule has 0 spiro atoms. The van der Waals surface area contributed by atoms with Crippen LogP contribution in [0.4, 0.5) is 0 Å². The molecule has 3 aromatic carbocycles. The van der Waals surface area contributed by atoms with Crippen LogP contribution in [-0.4, -0.2) is 63.1 Å². The van der Waals surface area contributed by atoms with Crippen LogP contribution in [0.3, 0.4) is 0 Å². The monoisotopic (exact) mass is 592 g/mol. The second-order valence-corrected chi connectivity index (χ2v) is 12.3. The first-order valence-corrected chi connectivity index (χ1v) is 14.8. The molecule has 5 aromatic rings. The van der Waals surface area contributed by atoms with Gasteiger partial charge in [0, 0.05) is 40.8 Å². The molecule has 0 aliphatic carbocycles. The summed E-state index contributed by atoms with van der Waals surface area (Å²) in [4.78, 5) is 19.2. The molecule has 1 fully saturated rings. The number of likely N-dealkylation sites (N-methyl/N-ethyl adjacent to an activating group) is 1. The molecule has 41 heavy (non-hydrogen) atoms. The summed E-state index contributed by atoms with van der Waals surface area (Å²) in [5, 5.41) is 26.1. The van der Waals surface area contributed by atoms with Gasteiger partial charge in [-0.2, -0.15) is 0 Å². The molecule has 3 heterocycles. The highest BCUT2D eigenvalue weighted by molar-refractivity contribution is 7.89. The van der Waals surface area contributed by atoms with Gasteiger partial charge in [0.2, 0.25) is 0 Å². The van der Waals surface area contributed by atoms with E-state index in [-0.39, 0.29) is 39.6 Å². The van der Waals surface area contributed by atoms with E-state index in [2.05, 4.69) is 10.1 Å². The topological polar surface area (TPSA) is 139 Å². The van der Waals surface area contributed by atoms with Crippen molar-refractivity contribution in [2.75, 3.05) is 19.3 Å². The van der Waals surface area contributed by atoms with E-state index in [1.54, 1.807) is 43.4 Å². The Hall–Kier alpha value is -4.19. The van der Waals surface area contributed by atoms with Crippen molar-refractivity contribution in [2.24, 2.45) is 0 Å². The summed E-state index contributed by atoms with van der Waals surface area (Å²) in [6.45, 7) is 0.522. The summed E-state index contributed by atoms with van der Waals surface area (Å²) in [6, 6.07) is 17.6. The van der Waals surface area contributed by atoms with Gasteiger partial charge in [0.1, 0.15) is 34.6 Å². The van der Waals surface area contributed by atoms with Gasteiger partial charge >= 0.3 is 0 Å². The number of phenols is 2. The van der Waals surface area contributed by atoms with Crippen LogP contribution in [0.2, 0.25) is 5.02 Å². The summed E-state index contributed by atoms with van der Waals surface area (Å²) < 4.78 is 34.1. The Labute approximate surface area is 240 Å². The van der Waals surface area contributed by atoms with Crippen molar-refractivity contribution in [2.45, 2.75) is 18.4 Å². The van der Waals surface area contributed by atoms with Crippen molar-refractivity contribution in [3.8, 4) is 34.2 Å². The van der Waals surface area contributed by atoms with Crippen LogP contribution in [0.5, 0.6) is 11.5 Å². The largest absolute Gasteiger partial charge is 0.507 e. The maximum atomic E-state index is 13.5. The van der Waals surface area contributed by atoms with Crippen LogP contribution in [0.25, 0.3) is 33.7 Å². The number of rotatable bonds is 6. The van der Waals surface area contributed by atoms with Gasteiger partial charge < -0.3 is 19.5 Å². The van der Waals surface area contributed by atoms with Gasteiger partial charge in [-0.15, -0.1) is 9.19 Å². The molecule has 0 radical (unpaired) electrons. The highest BCUT2D eigenvalue weighted by Gasteiger charge is 2.40. The number of nitrogens with zero attached hydrogens (tertiary/aromatic N) is 4. The Morgan fingerprint density at radius 2 is 1.78 bits per heavy atom. The number of aromatic hydroxyl groups is 2. The Kier molecular flexibility index (Phi) is 6.80. The molecule has 1 saturated heterocycles. The summed E-state index contributed by atoms with van der Waals surface area (Å²) in [7, 11) is -2.19.